The molecule has 0 atom stereocenters. The Morgan fingerprint density at radius 2 is 2.19 bits per heavy atom. The molecule has 2 heterocycles. The first-order valence-corrected chi connectivity index (χ1v) is 9.06. The van der Waals surface area contributed by atoms with Crippen molar-refractivity contribution in [2.75, 3.05) is 25.0 Å². The Morgan fingerprint density at radius 1 is 1.37 bits per heavy atom. The Labute approximate surface area is 160 Å². The molecule has 3 N–H and O–H groups in total. The first-order valence-electron chi connectivity index (χ1n) is 9.06. The number of benzene rings is 1. The molecule has 6 nitrogen and oxygen atoms in total. The van der Waals surface area contributed by atoms with Crippen LogP contribution in [0.4, 0.5) is 10.5 Å². The van der Waals surface area contributed by atoms with E-state index in [2.05, 4.69) is 59.2 Å². The highest BCUT2D eigenvalue weighted by molar-refractivity contribution is 5.90. The van der Waals surface area contributed by atoms with Crippen LogP contribution in [-0.4, -0.2) is 40.6 Å². The molecule has 1 aromatic rings. The molecule has 2 amide bonds. The van der Waals surface area contributed by atoms with Gasteiger partial charge in [0.05, 0.1) is 5.69 Å². The second-order valence-corrected chi connectivity index (χ2v) is 6.75. The zero-order valence-corrected chi connectivity index (χ0v) is 15.8. The molecule has 1 aromatic carbocycles. The number of allylic oxidation sites excluding steroid dienone is 3. The van der Waals surface area contributed by atoms with Crippen molar-refractivity contribution in [1.29, 1.82) is 0 Å². The zero-order chi connectivity index (χ0) is 19.4. The van der Waals surface area contributed by atoms with Gasteiger partial charge in [0.1, 0.15) is 11.6 Å². The van der Waals surface area contributed by atoms with Gasteiger partial charge in [-0.3, -0.25) is 0 Å². The van der Waals surface area contributed by atoms with Crippen LogP contribution in [0.5, 0.6) is 5.75 Å². The summed E-state index contributed by atoms with van der Waals surface area (Å²) >= 11 is 0. The third kappa shape index (κ3) is 4.34. The lowest BCUT2D eigenvalue weighted by Crippen LogP contribution is -2.28. The average Bonchev–Trinajstić information content (AvgIpc) is 2.95. The smallest absolute Gasteiger partial charge is 0.319 e. The third-order valence-corrected chi connectivity index (χ3v) is 4.65. The van der Waals surface area contributed by atoms with Crippen molar-refractivity contribution in [3.8, 4) is 5.75 Å². The molecule has 0 aromatic heterocycles. The van der Waals surface area contributed by atoms with Crippen LogP contribution in [0.2, 0.25) is 0 Å². The largest absolute Gasteiger partial charge is 0.506 e. The van der Waals surface area contributed by atoms with Crippen molar-refractivity contribution in [2.45, 2.75) is 20.3 Å². The molecule has 27 heavy (non-hydrogen) atoms. The number of nitrogens with one attached hydrogen (secondary N) is 2. The van der Waals surface area contributed by atoms with E-state index >= 15 is 0 Å². The van der Waals surface area contributed by atoms with Gasteiger partial charge in [0.15, 0.2) is 0 Å². The second kappa shape index (κ2) is 8.03. The third-order valence-electron chi connectivity index (χ3n) is 4.65. The molecule has 0 radical (unpaired) electrons. The number of urea groups is 1. The number of carbonyl (C=O) groups excluding carboxylic acids is 1. The fraction of sp³-hybridized carbons (Fsp3) is 0.286. The fourth-order valence-electron chi connectivity index (χ4n) is 3.19. The number of fused-ring (bicyclic) bond motifs is 1. The van der Waals surface area contributed by atoms with Crippen LogP contribution in [-0.2, 0) is 6.42 Å². The van der Waals surface area contributed by atoms with Crippen LogP contribution in [0.1, 0.15) is 19.4 Å². The molecule has 0 unspecified atom stereocenters. The Kier molecular flexibility index (Phi) is 5.54. The molecule has 0 fully saturated rings. The zero-order valence-electron chi connectivity index (χ0n) is 15.8. The number of hydrogen-bond donors (Lipinski definition) is 3. The van der Waals surface area contributed by atoms with E-state index in [0.717, 1.165) is 25.1 Å². The van der Waals surface area contributed by atoms with Gasteiger partial charge in [-0.05, 0) is 49.6 Å². The summed E-state index contributed by atoms with van der Waals surface area (Å²) in [6.45, 7) is 9.88. The lowest BCUT2D eigenvalue weighted by molar-refractivity contribution is 0.253. The molecule has 3 rings (SSSR count). The van der Waals surface area contributed by atoms with E-state index in [4.69, 9.17) is 0 Å². The van der Waals surface area contributed by atoms with E-state index in [-0.39, 0.29) is 11.8 Å². The summed E-state index contributed by atoms with van der Waals surface area (Å²) in [6, 6.07) is 4.98. The van der Waals surface area contributed by atoms with Gasteiger partial charge in [-0.1, -0.05) is 18.2 Å². The molecule has 0 saturated heterocycles. The molecule has 0 saturated carbocycles. The highest BCUT2D eigenvalue weighted by Crippen LogP contribution is 2.30. The number of phenols is 1. The molecule has 0 aliphatic carbocycles. The lowest BCUT2D eigenvalue weighted by Gasteiger charge is -2.28. The maximum atomic E-state index is 11.7. The summed E-state index contributed by atoms with van der Waals surface area (Å²) in [5, 5.41) is 15.4. The number of phenolic OH excluding ortho intramolecular Hbond substituents is 1. The molecule has 142 valence electrons. The summed E-state index contributed by atoms with van der Waals surface area (Å²) in [6.07, 6.45) is 8.96. The number of anilines is 1. The molecular formula is C21H26N4O2. The highest BCUT2D eigenvalue weighted by atomic mass is 16.3. The Hall–Kier alpha value is -3.15. The van der Waals surface area contributed by atoms with Crippen molar-refractivity contribution in [3.63, 3.8) is 0 Å². The van der Waals surface area contributed by atoms with Crippen LogP contribution in [0.3, 0.4) is 0 Å². The van der Waals surface area contributed by atoms with E-state index in [9.17, 15) is 9.90 Å². The first-order chi connectivity index (χ1) is 13.0. The monoisotopic (exact) mass is 366 g/mol. The van der Waals surface area contributed by atoms with Gasteiger partial charge in [-0.2, -0.15) is 0 Å². The molecular weight excluding hydrogens is 340 g/mol. The molecule has 0 spiro atoms. The molecule has 2 aliphatic rings. The number of nitrogens with zero attached hydrogens (tertiary/aromatic N) is 2. The number of hydrogen-bond acceptors (Lipinski definition) is 4. The number of aromatic hydroxyl groups is 1. The molecule has 6 heteroatoms. The van der Waals surface area contributed by atoms with Crippen molar-refractivity contribution in [3.05, 3.63) is 71.9 Å². The van der Waals surface area contributed by atoms with E-state index < -0.39 is 0 Å². The quantitative estimate of drug-likeness (QED) is 0.532. The van der Waals surface area contributed by atoms with Crippen LogP contribution in [0, 0.1) is 0 Å². The lowest BCUT2D eigenvalue weighted by atomic mass is 10.1. The van der Waals surface area contributed by atoms with Crippen LogP contribution in [0.15, 0.2) is 66.3 Å². The summed E-state index contributed by atoms with van der Waals surface area (Å²) in [5.41, 5.74) is 3.91. The van der Waals surface area contributed by atoms with Gasteiger partial charge < -0.3 is 25.5 Å². The van der Waals surface area contributed by atoms with E-state index in [0.29, 0.717) is 12.2 Å². The van der Waals surface area contributed by atoms with Gasteiger partial charge in [-0.25, -0.2) is 4.79 Å². The Balaban J connectivity index is 1.62. The topological polar surface area (TPSA) is 67.8 Å². The number of rotatable bonds is 6. The molecule has 0 bridgehead atoms. The summed E-state index contributed by atoms with van der Waals surface area (Å²) in [7, 11) is 0. The van der Waals surface area contributed by atoms with Crippen molar-refractivity contribution in [1.82, 2.24) is 15.1 Å². The van der Waals surface area contributed by atoms with Crippen molar-refractivity contribution < 1.29 is 9.90 Å². The SMILES string of the molecule is C=CCNC(=O)Nc1ccc(CCN2C=C(C)N3CC=C(C)C=C23)cc1O. The Morgan fingerprint density at radius 3 is 2.93 bits per heavy atom. The normalized spacial score (nSPS) is 15.6. The van der Waals surface area contributed by atoms with Crippen molar-refractivity contribution in [2.24, 2.45) is 0 Å². The fourth-order valence-corrected chi connectivity index (χ4v) is 3.19. The van der Waals surface area contributed by atoms with Gasteiger partial charge >= 0.3 is 6.03 Å². The van der Waals surface area contributed by atoms with E-state index in [1.165, 1.54) is 17.1 Å². The van der Waals surface area contributed by atoms with Crippen LogP contribution >= 0.6 is 0 Å². The van der Waals surface area contributed by atoms with Crippen molar-refractivity contribution >= 4 is 11.7 Å². The predicted octanol–water partition coefficient (Wildman–Crippen LogP) is 3.52. The van der Waals surface area contributed by atoms with Gasteiger partial charge in [0.25, 0.3) is 0 Å². The summed E-state index contributed by atoms with van der Waals surface area (Å²) < 4.78 is 0. The highest BCUT2D eigenvalue weighted by Gasteiger charge is 2.25. The van der Waals surface area contributed by atoms with E-state index in [1.54, 1.807) is 18.2 Å². The van der Waals surface area contributed by atoms with E-state index in [1.807, 2.05) is 6.07 Å². The molecule has 2 aliphatic heterocycles. The van der Waals surface area contributed by atoms with Gasteiger partial charge in [-0.15, -0.1) is 6.58 Å². The average molecular weight is 366 g/mol. The minimum atomic E-state index is -0.372. The van der Waals surface area contributed by atoms with Gasteiger partial charge in [0.2, 0.25) is 0 Å². The number of amides is 2. The maximum absolute atomic E-state index is 11.7. The maximum Gasteiger partial charge on any atom is 0.319 e. The minimum Gasteiger partial charge on any atom is -0.506 e. The van der Waals surface area contributed by atoms with Crippen LogP contribution < -0.4 is 10.6 Å². The predicted molar refractivity (Wildman–Crippen MR) is 108 cm³/mol. The Bertz CT molecular complexity index is 839. The minimum absolute atomic E-state index is 0.0617. The number of carbonyl (C=O) groups is 1. The summed E-state index contributed by atoms with van der Waals surface area (Å²) in [5.74, 6) is 1.26. The van der Waals surface area contributed by atoms with Crippen LogP contribution in [0.25, 0.3) is 0 Å². The summed E-state index contributed by atoms with van der Waals surface area (Å²) in [4.78, 5) is 16.2. The first kappa shape index (κ1) is 18.6. The standard InChI is InChI=1S/C21H26N4O2/c1-4-9-22-21(27)23-18-6-5-17(13-19(18)26)8-10-24-14-16(3)25-11-7-15(2)12-20(24)25/h4-7,12-14,26H,1,8-11H2,2-3H3,(H2,22,23,27). The second-order valence-electron chi connectivity index (χ2n) is 6.75. The van der Waals surface area contributed by atoms with Gasteiger partial charge in [0, 0.05) is 31.5 Å².